The van der Waals surface area contributed by atoms with Crippen LogP contribution in [0.5, 0.6) is 0 Å². The molecule has 1 heteroatoms. The Morgan fingerprint density at radius 1 is 0.151 bits per heavy atom. The van der Waals surface area contributed by atoms with E-state index in [4.69, 9.17) is 0 Å². The van der Waals surface area contributed by atoms with Crippen molar-refractivity contribution in [3.05, 3.63) is 338 Å². The van der Waals surface area contributed by atoms with Crippen LogP contribution in [0, 0.1) is 0 Å². The second-order valence-corrected chi connectivity index (χ2v) is 22.9. The fourth-order valence-electron chi connectivity index (χ4n) is 14.2. The molecule has 1 aliphatic rings. The van der Waals surface area contributed by atoms with Crippen LogP contribution in [0.3, 0.4) is 0 Å². The Bertz CT molecular complexity index is 4980. The van der Waals surface area contributed by atoms with E-state index in [0.717, 1.165) is 55.7 Å². The lowest BCUT2D eigenvalue weighted by Crippen LogP contribution is -2.02. The first-order chi connectivity index (χ1) is 42.6. The second kappa shape index (κ2) is 20.0. The van der Waals surface area contributed by atoms with Crippen molar-refractivity contribution in [2.45, 2.75) is 0 Å². The van der Waals surface area contributed by atoms with Crippen LogP contribution in [0.2, 0.25) is 0 Å². The number of ketones is 1. The molecule has 0 fully saturated rings. The van der Waals surface area contributed by atoms with Crippen LogP contribution >= 0.6 is 0 Å². The van der Waals surface area contributed by atoms with Gasteiger partial charge in [0.1, 0.15) is 0 Å². The van der Waals surface area contributed by atoms with Crippen LogP contribution in [0.15, 0.2) is 315 Å². The molecular weight excluding hydrogens is 1040 g/mol. The number of hydrogen-bond acceptors (Lipinski definition) is 1. The average molecular weight is 1090 g/mol. The van der Waals surface area contributed by atoms with Crippen molar-refractivity contribution < 1.29 is 4.79 Å². The molecule has 0 N–H and O–H groups in total. The summed E-state index contributed by atoms with van der Waals surface area (Å²) in [4.78, 5) is 16.5. The first kappa shape index (κ1) is 49.4. The van der Waals surface area contributed by atoms with Gasteiger partial charge >= 0.3 is 0 Å². The molecule has 0 spiro atoms. The maximum absolute atomic E-state index is 16.5. The fourth-order valence-corrected chi connectivity index (χ4v) is 14.2. The minimum Gasteiger partial charge on any atom is -0.289 e. The number of rotatable bonds is 8. The van der Waals surface area contributed by atoms with Gasteiger partial charge in [0.2, 0.25) is 0 Å². The molecule has 1 nitrogen and oxygen atoms in total. The van der Waals surface area contributed by atoms with Crippen molar-refractivity contribution in [3.8, 4) is 44.5 Å². The zero-order valence-corrected chi connectivity index (χ0v) is 46.9. The molecule has 0 heterocycles. The highest BCUT2D eigenvalue weighted by molar-refractivity contribution is 6.59. The van der Waals surface area contributed by atoms with E-state index in [2.05, 4.69) is 315 Å². The second-order valence-electron chi connectivity index (χ2n) is 22.9. The van der Waals surface area contributed by atoms with Gasteiger partial charge in [0, 0.05) is 22.3 Å². The lowest BCUT2D eigenvalue weighted by Gasteiger charge is -2.17. The summed E-state index contributed by atoms with van der Waals surface area (Å²) in [6, 6.07) is 114. The molecule has 0 atom stereocenters. The molecule has 86 heavy (non-hydrogen) atoms. The topological polar surface area (TPSA) is 17.1 Å². The monoisotopic (exact) mass is 1090 g/mol. The van der Waals surface area contributed by atoms with Crippen molar-refractivity contribution >= 4 is 114 Å². The van der Waals surface area contributed by atoms with Crippen molar-refractivity contribution in [2.75, 3.05) is 0 Å². The number of Topliss-reactive ketones (excluding diaryl/α,β-unsaturated/α-hetero) is 1. The summed E-state index contributed by atoms with van der Waals surface area (Å²) >= 11 is 0. The lowest BCUT2D eigenvalue weighted by molar-refractivity contribution is -0.108. The molecule has 0 aliphatic heterocycles. The van der Waals surface area contributed by atoms with Gasteiger partial charge in [0.15, 0.2) is 5.78 Å². The normalized spacial score (nSPS) is 12.8. The summed E-state index contributed by atoms with van der Waals surface area (Å²) in [6.45, 7) is 0. The van der Waals surface area contributed by atoms with Crippen LogP contribution in [0.25, 0.3) is 153 Å². The van der Waals surface area contributed by atoms with E-state index in [1.807, 2.05) is 0 Å². The zero-order valence-electron chi connectivity index (χ0n) is 46.9. The van der Waals surface area contributed by atoms with Gasteiger partial charge in [-0.15, -0.1) is 0 Å². The Labute approximate surface area is 498 Å². The maximum atomic E-state index is 16.5. The molecule has 0 radical (unpaired) electrons. The number of benzene rings is 16. The highest BCUT2D eigenvalue weighted by Gasteiger charge is 2.36. The summed E-state index contributed by atoms with van der Waals surface area (Å²) in [5.74, 6) is -0.00466. The first-order valence-electron chi connectivity index (χ1n) is 29.7. The van der Waals surface area contributed by atoms with E-state index < -0.39 is 0 Å². The van der Waals surface area contributed by atoms with Gasteiger partial charge in [-0.3, -0.25) is 4.79 Å². The van der Waals surface area contributed by atoms with Gasteiger partial charge in [0.25, 0.3) is 0 Å². The molecule has 17 rings (SSSR count). The highest BCUT2D eigenvalue weighted by Crippen LogP contribution is 2.52. The molecule has 16 aromatic carbocycles. The Morgan fingerprint density at radius 3 is 0.488 bits per heavy atom. The van der Waals surface area contributed by atoms with Crippen molar-refractivity contribution in [2.24, 2.45) is 0 Å². The largest absolute Gasteiger partial charge is 0.289 e. The van der Waals surface area contributed by atoms with E-state index in [0.29, 0.717) is 11.1 Å². The molecule has 0 bridgehead atoms. The Morgan fingerprint density at radius 2 is 0.302 bits per heavy atom. The molecular formula is C85H52O. The van der Waals surface area contributed by atoms with Crippen LogP contribution in [-0.2, 0) is 4.79 Å². The molecule has 0 saturated heterocycles. The van der Waals surface area contributed by atoms with Gasteiger partial charge in [-0.25, -0.2) is 0 Å². The van der Waals surface area contributed by atoms with E-state index in [1.165, 1.54) is 108 Å². The number of carbonyl (C=O) groups excluding carboxylic acids is 1. The molecule has 16 aromatic rings. The van der Waals surface area contributed by atoms with Gasteiger partial charge < -0.3 is 0 Å². The van der Waals surface area contributed by atoms with Gasteiger partial charge in [-0.2, -0.15) is 0 Å². The molecule has 1 aliphatic carbocycles. The third-order valence-corrected chi connectivity index (χ3v) is 18.1. The molecule has 398 valence electrons. The fraction of sp³-hybridized carbons (Fsp3) is 0. The minimum absolute atomic E-state index is 0.00466. The van der Waals surface area contributed by atoms with Crippen LogP contribution in [0.4, 0.5) is 0 Å². The van der Waals surface area contributed by atoms with Gasteiger partial charge in [0.05, 0.1) is 0 Å². The number of allylic oxidation sites excluding steroid dienone is 4. The first-order valence-corrected chi connectivity index (χ1v) is 29.7. The lowest BCUT2D eigenvalue weighted by atomic mass is 9.86. The summed E-state index contributed by atoms with van der Waals surface area (Å²) in [6.07, 6.45) is 0. The zero-order chi connectivity index (χ0) is 56.8. The van der Waals surface area contributed by atoms with Crippen molar-refractivity contribution in [1.29, 1.82) is 0 Å². The summed E-state index contributed by atoms with van der Waals surface area (Å²) in [5.41, 5.74) is 16.1. The Kier molecular flexibility index (Phi) is 11.5. The molecule has 0 unspecified atom stereocenters. The number of carbonyl (C=O) groups is 1. The summed E-state index contributed by atoms with van der Waals surface area (Å²) < 4.78 is 0. The average Bonchev–Trinajstić information content (AvgIpc) is 2.04. The summed E-state index contributed by atoms with van der Waals surface area (Å²) in [5, 5.41) is 19.2. The third kappa shape index (κ3) is 7.97. The molecule has 0 saturated carbocycles. The Balaban J connectivity index is 0.899. The Hall–Kier alpha value is -11.3. The molecule has 0 aromatic heterocycles. The molecule has 0 amide bonds. The van der Waals surface area contributed by atoms with Crippen LogP contribution < -0.4 is 0 Å². The van der Waals surface area contributed by atoms with E-state index in [1.54, 1.807) is 0 Å². The van der Waals surface area contributed by atoms with Crippen molar-refractivity contribution in [1.82, 2.24) is 0 Å². The maximum Gasteiger partial charge on any atom is 0.195 e. The van der Waals surface area contributed by atoms with Gasteiger partial charge in [-0.1, -0.05) is 291 Å². The quantitative estimate of drug-likeness (QED) is 0.139. The smallest absolute Gasteiger partial charge is 0.195 e. The number of hydrogen-bond donors (Lipinski definition) is 0. The SMILES string of the molecule is O=C1C(c2ccc(-c3c4ccccc4cc4ccccc34)cc2)=C(c2ccc(-c3c4ccccc4cc4ccccc34)cc2)C(c2ccc(-c3c4ccccc4cc4ccccc34)cc2)=C1c1ccc(-c2c3ccccc3cc3ccccc23)cc1. The van der Waals surface area contributed by atoms with Crippen LogP contribution in [0.1, 0.15) is 22.3 Å². The van der Waals surface area contributed by atoms with E-state index >= 15 is 4.79 Å². The predicted octanol–water partition coefficient (Wildman–Crippen LogP) is 22.7. The van der Waals surface area contributed by atoms with Crippen LogP contribution in [-0.4, -0.2) is 5.78 Å². The van der Waals surface area contributed by atoms with Gasteiger partial charge in [-0.05, 0) is 177 Å². The standard InChI is InChI=1S/C85H52O/c86-85-83(59-45-37-55(38-46-59)79-73-29-13-5-21-65(73)51-66-22-6-14-30-74(66)79)81(57-41-33-53(34-42-57)77-69-25-9-1-17-61(69)49-62-18-2-10-26-70(62)77)82(58-43-35-54(36-44-58)78-71-27-11-3-19-63(71)50-64-20-4-12-28-72(64)78)84(85)60-47-39-56(40-48-60)80-75-31-15-7-23-67(75)52-68-24-8-16-32-76(68)80/h1-52H. The highest BCUT2D eigenvalue weighted by atomic mass is 16.1. The van der Waals surface area contributed by atoms with Crippen molar-refractivity contribution in [3.63, 3.8) is 0 Å². The number of fused-ring (bicyclic) bond motifs is 8. The minimum atomic E-state index is -0.00466. The van der Waals surface area contributed by atoms with E-state index in [9.17, 15) is 0 Å². The third-order valence-electron chi connectivity index (χ3n) is 18.1. The predicted molar refractivity (Wildman–Crippen MR) is 366 cm³/mol. The van der Waals surface area contributed by atoms with E-state index in [-0.39, 0.29) is 5.78 Å². The summed E-state index contributed by atoms with van der Waals surface area (Å²) in [7, 11) is 0.